The molecular weight excluding hydrogens is 240 g/mol. The highest BCUT2D eigenvalue weighted by Gasteiger charge is 2.29. The molecule has 2 heterocycles. The molecule has 1 saturated heterocycles. The molecule has 0 radical (unpaired) electrons. The van der Waals surface area contributed by atoms with Gasteiger partial charge in [0.2, 0.25) is 10.0 Å². The number of hydrogen-bond donors (Lipinski definition) is 1. The molecule has 1 fully saturated rings. The topological polar surface area (TPSA) is 70.5 Å². The number of aliphatic hydroxyl groups is 1. The van der Waals surface area contributed by atoms with E-state index in [1.807, 2.05) is 12.1 Å². The van der Waals surface area contributed by atoms with E-state index >= 15 is 0 Å². The molecule has 1 N–H and O–H groups in total. The van der Waals surface area contributed by atoms with Gasteiger partial charge in [-0.05, 0) is 30.5 Å². The van der Waals surface area contributed by atoms with E-state index in [1.165, 1.54) is 4.31 Å². The second kappa shape index (κ2) is 5.12. The minimum Gasteiger partial charge on any atom is -0.392 e. The maximum atomic E-state index is 12.0. The number of aliphatic hydroxyl groups excluding tert-OH is 1. The molecule has 0 aromatic carbocycles. The first-order valence-electron chi connectivity index (χ1n) is 5.63. The van der Waals surface area contributed by atoms with Gasteiger partial charge in [0.15, 0.2) is 0 Å². The van der Waals surface area contributed by atoms with E-state index in [-0.39, 0.29) is 12.3 Å². The third-order valence-corrected chi connectivity index (χ3v) is 4.76. The number of β-amino-alcohol motifs (C(OH)–C–C–N with tert-alkyl or cyclic N) is 1. The van der Waals surface area contributed by atoms with E-state index in [4.69, 9.17) is 0 Å². The van der Waals surface area contributed by atoms with Gasteiger partial charge in [0.1, 0.15) is 0 Å². The van der Waals surface area contributed by atoms with Crippen molar-refractivity contribution in [3.8, 4) is 0 Å². The van der Waals surface area contributed by atoms with E-state index in [0.717, 1.165) is 5.56 Å². The molecule has 0 aliphatic carbocycles. The summed E-state index contributed by atoms with van der Waals surface area (Å²) in [4.78, 5) is 3.88. The minimum absolute atomic E-state index is 0.0870. The average Bonchev–Trinajstić information content (AvgIpc) is 2.76. The Balaban J connectivity index is 1.94. The summed E-state index contributed by atoms with van der Waals surface area (Å²) in [5.41, 5.74) is 0.961. The van der Waals surface area contributed by atoms with Gasteiger partial charge in [-0.3, -0.25) is 4.98 Å². The van der Waals surface area contributed by atoms with Crippen LogP contribution in [0.25, 0.3) is 0 Å². The largest absolute Gasteiger partial charge is 0.392 e. The summed E-state index contributed by atoms with van der Waals surface area (Å²) in [5.74, 6) is 0.0870. The van der Waals surface area contributed by atoms with Crippen molar-refractivity contribution in [2.75, 3.05) is 18.8 Å². The van der Waals surface area contributed by atoms with Crippen molar-refractivity contribution in [3.63, 3.8) is 0 Å². The molecule has 1 atom stereocenters. The Morgan fingerprint density at radius 3 is 2.71 bits per heavy atom. The molecule has 1 aromatic rings. The molecule has 0 saturated carbocycles. The van der Waals surface area contributed by atoms with Crippen molar-refractivity contribution in [1.29, 1.82) is 0 Å². The van der Waals surface area contributed by atoms with Crippen LogP contribution in [0.1, 0.15) is 12.0 Å². The molecule has 17 heavy (non-hydrogen) atoms. The molecule has 0 bridgehead atoms. The van der Waals surface area contributed by atoms with Crippen LogP contribution in [-0.4, -0.2) is 47.8 Å². The zero-order chi connectivity index (χ0) is 12.3. The number of sulfonamides is 1. The Kier molecular flexibility index (Phi) is 3.76. The van der Waals surface area contributed by atoms with Crippen molar-refractivity contribution < 1.29 is 13.5 Å². The minimum atomic E-state index is -3.24. The van der Waals surface area contributed by atoms with Crippen molar-refractivity contribution in [1.82, 2.24) is 9.29 Å². The lowest BCUT2D eigenvalue weighted by Crippen LogP contribution is -2.32. The smallest absolute Gasteiger partial charge is 0.214 e. The van der Waals surface area contributed by atoms with Crippen LogP contribution in [0.5, 0.6) is 0 Å². The van der Waals surface area contributed by atoms with E-state index in [1.54, 1.807) is 12.4 Å². The maximum Gasteiger partial charge on any atom is 0.214 e. The Bertz CT molecular complexity index is 461. The quantitative estimate of drug-likeness (QED) is 0.824. The maximum absolute atomic E-state index is 12.0. The van der Waals surface area contributed by atoms with Gasteiger partial charge in [0.05, 0.1) is 11.9 Å². The molecule has 1 aliphatic rings. The van der Waals surface area contributed by atoms with Crippen LogP contribution in [0.2, 0.25) is 0 Å². The lowest BCUT2D eigenvalue weighted by Gasteiger charge is -2.15. The number of aryl methyl sites for hydroxylation is 1. The Labute approximate surface area is 101 Å². The van der Waals surface area contributed by atoms with Crippen LogP contribution >= 0.6 is 0 Å². The van der Waals surface area contributed by atoms with Gasteiger partial charge in [0.25, 0.3) is 0 Å². The van der Waals surface area contributed by atoms with Crippen LogP contribution in [0.3, 0.4) is 0 Å². The number of rotatable bonds is 4. The number of hydrogen-bond acceptors (Lipinski definition) is 4. The Morgan fingerprint density at radius 1 is 1.41 bits per heavy atom. The second-order valence-corrected chi connectivity index (χ2v) is 6.31. The fraction of sp³-hybridized carbons (Fsp3) is 0.545. The summed E-state index contributed by atoms with van der Waals surface area (Å²) in [6.45, 7) is 0.665. The van der Waals surface area contributed by atoms with Crippen LogP contribution in [0, 0.1) is 0 Å². The molecule has 5 nitrogen and oxygen atoms in total. The van der Waals surface area contributed by atoms with Crippen LogP contribution in [0.15, 0.2) is 24.5 Å². The number of nitrogens with zero attached hydrogens (tertiary/aromatic N) is 2. The third kappa shape index (κ3) is 3.24. The molecule has 0 unspecified atom stereocenters. The van der Waals surface area contributed by atoms with E-state index < -0.39 is 16.1 Å². The summed E-state index contributed by atoms with van der Waals surface area (Å²) < 4.78 is 25.3. The molecule has 6 heteroatoms. The summed E-state index contributed by atoms with van der Waals surface area (Å²) in [5, 5.41) is 9.33. The third-order valence-electron chi connectivity index (χ3n) is 2.92. The zero-order valence-electron chi connectivity index (χ0n) is 9.49. The average molecular weight is 256 g/mol. The zero-order valence-corrected chi connectivity index (χ0v) is 10.3. The standard InChI is InChI=1S/C11H16N2O3S/c14-11-3-7-13(9-11)17(15,16)8-4-10-1-5-12-6-2-10/h1-2,5-6,11,14H,3-4,7-9H2/t11-/m0/s1. The first-order valence-corrected chi connectivity index (χ1v) is 7.23. The Morgan fingerprint density at radius 2 is 2.12 bits per heavy atom. The first-order chi connectivity index (χ1) is 8.08. The van der Waals surface area contributed by atoms with Crippen molar-refractivity contribution >= 4 is 10.0 Å². The normalized spacial score (nSPS) is 21.8. The van der Waals surface area contributed by atoms with Gasteiger partial charge in [-0.1, -0.05) is 0 Å². The molecule has 0 amide bonds. The Hall–Kier alpha value is -0.980. The SMILES string of the molecule is O=S(=O)(CCc1ccncc1)N1CC[C@H](O)C1. The predicted molar refractivity (Wildman–Crippen MR) is 63.9 cm³/mol. The van der Waals surface area contributed by atoms with Gasteiger partial charge in [-0.25, -0.2) is 8.42 Å². The summed E-state index contributed by atoms with van der Waals surface area (Å²) in [7, 11) is -3.24. The van der Waals surface area contributed by atoms with Gasteiger partial charge in [-0.15, -0.1) is 0 Å². The number of aromatic nitrogens is 1. The van der Waals surface area contributed by atoms with Gasteiger partial charge in [-0.2, -0.15) is 4.31 Å². The molecule has 94 valence electrons. The van der Waals surface area contributed by atoms with E-state index in [0.29, 0.717) is 19.4 Å². The molecular formula is C11H16N2O3S. The highest BCUT2D eigenvalue weighted by Crippen LogP contribution is 2.14. The van der Waals surface area contributed by atoms with Gasteiger partial charge in [0, 0.05) is 25.5 Å². The monoisotopic (exact) mass is 256 g/mol. The van der Waals surface area contributed by atoms with Crippen LogP contribution in [-0.2, 0) is 16.4 Å². The highest BCUT2D eigenvalue weighted by molar-refractivity contribution is 7.89. The van der Waals surface area contributed by atoms with Crippen molar-refractivity contribution in [3.05, 3.63) is 30.1 Å². The fourth-order valence-electron chi connectivity index (χ4n) is 1.89. The van der Waals surface area contributed by atoms with Crippen LogP contribution < -0.4 is 0 Å². The molecule has 1 aliphatic heterocycles. The predicted octanol–water partition coefficient (Wildman–Crippen LogP) is 0.0205. The van der Waals surface area contributed by atoms with Crippen LogP contribution in [0.4, 0.5) is 0 Å². The van der Waals surface area contributed by atoms with E-state index in [2.05, 4.69) is 4.98 Å². The lowest BCUT2D eigenvalue weighted by molar-refractivity contribution is 0.189. The highest BCUT2D eigenvalue weighted by atomic mass is 32.2. The van der Waals surface area contributed by atoms with E-state index in [9.17, 15) is 13.5 Å². The molecule has 1 aromatic heterocycles. The van der Waals surface area contributed by atoms with Gasteiger partial charge >= 0.3 is 0 Å². The fourth-order valence-corrected chi connectivity index (χ4v) is 3.42. The lowest BCUT2D eigenvalue weighted by atomic mass is 10.2. The van der Waals surface area contributed by atoms with Crippen molar-refractivity contribution in [2.24, 2.45) is 0 Å². The van der Waals surface area contributed by atoms with Crippen molar-refractivity contribution in [2.45, 2.75) is 18.9 Å². The molecule has 0 spiro atoms. The van der Waals surface area contributed by atoms with Gasteiger partial charge < -0.3 is 5.11 Å². The summed E-state index contributed by atoms with van der Waals surface area (Å²) in [6, 6.07) is 3.63. The summed E-state index contributed by atoms with van der Waals surface area (Å²) in [6.07, 6.45) is 3.82. The number of pyridine rings is 1. The second-order valence-electron chi connectivity index (χ2n) is 4.22. The summed E-state index contributed by atoms with van der Waals surface area (Å²) >= 11 is 0. The molecule has 2 rings (SSSR count). The first kappa shape index (κ1) is 12.5.